The third-order valence-corrected chi connectivity index (χ3v) is 5.58. The second-order valence-electron chi connectivity index (χ2n) is 3.75. The molecule has 0 saturated carbocycles. The third-order valence-electron chi connectivity index (χ3n) is 2.50. The molecule has 0 heterocycles. The van der Waals surface area contributed by atoms with Crippen molar-refractivity contribution in [2.75, 3.05) is 24.8 Å². The lowest BCUT2D eigenvalue weighted by molar-refractivity contribution is -0.384. The molecule has 0 N–H and O–H groups in total. The van der Waals surface area contributed by atoms with Crippen LogP contribution in [0, 0.1) is 10.1 Å². The molecule has 0 saturated heterocycles. The van der Waals surface area contributed by atoms with Gasteiger partial charge >= 0.3 is 5.69 Å². The maximum Gasteiger partial charge on any atom is 0.307 e. The lowest BCUT2D eigenvalue weighted by Gasteiger charge is -2.20. The van der Waals surface area contributed by atoms with Crippen LogP contribution in [0.3, 0.4) is 0 Å². The largest absolute Gasteiger partial charge is 0.307 e. The first-order valence-corrected chi connectivity index (χ1v) is 8.78. The van der Waals surface area contributed by atoms with Crippen LogP contribution in [0.2, 0.25) is 10.0 Å². The summed E-state index contributed by atoms with van der Waals surface area (Å²) in [6, 6.07) is 2.22. The Kier molecular flexibility index (Phi) is 6.96. The van der Waals surface area contributed by atoms with Gasteiger partial charge in [-0.2, -0.15) is 4.31 Å². The van der Waals surface area contributed by atoms with E-state index in [4.69, 9.17) is 46.4 Å². The van der Waals surface area contributed by atoms with E-state index in [9.17, 15) is 18.5 Å². The quantitative estimate of drug-likeness (QED) is 0.402. The maximum absolute atomic E-state index is 12.5. The highest BCUT2D eigenvalue weighted by atomic mass is 35.5. The first-order valence-electron chi connectivity index (χ1n) is 5.51. The molecule has 1 rings (SSSR count). The summed E-state index contributed by atoms with van der Waals surface area (Å²) in [5.74, 6) is 0.0901. The van der Waals surface area contributed by atoms with Gasteiger partial charge in [0, 0.05) is 24.8 Å². The molecule has 118 valence electrons. The predicted molar refractivity (Wildman–Crippen MR) is 83.3 cm³/mol. The lowest BCUT2D eigenvalue weighted by atomic mass is 10.3. The Bertz CT molecular complexity index is 632. The van der Waals surface area contributed by atoms with Crippen molar-refractivity contribution >= 4 is 62.1 Å². The lowest BCUT2D eigenvalue weighted by Crippen LogP contribution is -2.34. The van der Waals surface area contributed by atoms with Crippen molar-refractivity contribution in [3.63, 3.8) is 0 Å². The fourth-order valence-corrected chi connectivity index (χ4v) is 4.48. The molecule has 0 amide bonds. The van der Waals surface area contributed by atoms with E-state index < -0.39 is 30.6 Å². The highest BCUT2D eigenvalue weighted by molar-refractivity contribution is 7.89. The number of alkyl halides is 2. The van der Waals surface area contributed by atoms with E-state index in [1.165, 1.54) is 0 Å². The molecule has 0 unspecified atom stereocenters. The molecule has 21 heavy (non-hydrogen) atoms. The number of nitrogens with zero attached hydrogens (tertiary/aromatic N) is 2. The smallest absolute Gasteiger partial charge is 0.258 e. The highest BCUT2D eigenvalue weighted by Gasteiger charge is 2.31. The molecule has 1 aromatic carbocycles. The second kappa shape index (κ2) is 7.80. The molecule has 0 radical (unpaired) electrons. The molecule has 0 aliphatic rings. The zero-order valence-electron chi connectivity index (χ0n) is 10.4. The van der Waals surface area contributed by atoms with Crippen LogP contribution in [-0.4, -0.2) is 42.5 Å². The molecule has 0 bridgehead atoms. The number of sulfonamides is 1. The Morgan fingerprint density at radius 2 is 1.67 bits per heavy atom. The van der Waals surface area contributed by atoms with Gasteiger partial charge in [0.2, 0.25) is 10.0 Å². The van der Waals surface area contributed by atoms with Crippen LogP contribution in [0.4, 0.5) is 5.69 Å². The van der Waals surface area contributed by atoms with Gasteiger partial charge < -0.3 is 0 Å². The summed E-state index contributed by atoms with van der Waals surface area (Å²) >= 11 is 22.6. The fraction of sp³-hybridized carbons (Fsp3) is 0.400. The number of hydrogen-bond donors (Lipinski definition) is 0. The predicted octanol–water partition coefficient (Wildman–Crippen LogP) is 3.37. The summed E-state index contributed by atoms with van der Waals surface area (Å²) in [7, 11) is -4.06. The average molecular weight is 396 g/mol. The van der Waals surface area contributed by atoms with Gasteiger partial charge in [0.1, 0.15) is 14.9 Å². The molecule has 0 aromatic heterocycles. The first kappa shape index (κ1) is 18.7. The molecule has 0 aliphatic carbocycles. The van der Waals surface area contributed by atoms with Crippen LogP contribution in [0.1, 0.15) is 0 Å². The Hall–Kier alpha value is -0.310. The van der Waals surface area contributed by atoms with E-state index in [1.807, 2.05) is 0 Å². The zero-order valence-corrected chi connectivity index (χ0v) is 14.3. The Morgan fingerprint density at radius 3 is 2.10 bits per heavy atom. The summed E-state index contributed by atoms with van der Waals surface area (Å²) in [4.78, 5) is 9.69. The molecular weight excluding hydrogens is 386 g/mol. The Balaban J connectivity index is 3.44. The van der Waals surface area contributed by atoms with Crippen LogP contribution in [0.5, 0.6) is 0 Å². The molecule has 11 heteroatoms. The number of nitro groups is 1. The number of rotatable bonds is 7. The average Bonchev–Trinajstić information content (AvgIpc) is 2.37. The molecule has 0 atom stereocenters. The normalized spacial score (nSPS) is 11.9. The standard InChI is InChI=1S/C10H10Cl4N2O4S/c11-3-5-15(6-4-12)21(19,20)8-2-1-7(13)10(9(8)14)16(17)18/h1-2H,3-6H2. The van der Waals surface area contributed by atoms with Gasteiger partial charge in [0.15, 0.2) is 0 Å². The Labute approximate surface area is 141 Å². The molecule has 0 aliphatic heterocycles. The van der Waals surface area contributed by atoms with Gasteiger partial charge in [-0.25, -0.2) is 8.42 Å². The van der Waals surface area contributed by atoms with Gasteiger partial charge in [-0.3, -0.25) is 10.1 Å². The van der Waals surface area contributed by atoms with Crippen molar-refractivity contribution in [3.05, 3.63) is 32.3 Å². The van der Waals surface area contributed by atoms with Gasteiger partial charge in [-0.1, -0.05) is 23.2 Å². The molecule has 6 nitrogen and oxygen atoms in total. The summed E-state index contributed by atoms with van der Waals surface area (Å²) in [5.41, 5.74) is -0.656. The first-order chi connectivity index (χ1) is 9.77. The van der Waals surface area contributed by atoms with Gasteiger partial charge in [-0.05, 0) is 12.1 Å². The molecule has 1 aromatic rings. The summed E-state index contributed by atoms with van der Waals surface area (Å²) in [6.07, 6.45) is 0. The highest BCUT2D eigenvalue weighted by Crippen LogP contribution is 2.38. The fourth-order valence-electron chi connectivity index (χ4n) is 1.57. The van der Waals surface area contributed by atoms with E-state index in [1.54, 1.807) is 0 Å². The van der Waals surface area contributed by atoms with Crippen LogP contribution >= 0.6 is 46.4 Å². The minimum absolute atomic E-state index is 0.00334. The van der Waals surface area contributed by atoms with Crippen LogP contribution in [0.15, 0.2) is 17.0 Å². The topological polar surface area (TPSA) is 80.5 Å². The van der Waals surface area contributed by atoms with Crippen molar-refractivity contribution in [2.24, 2.45) is 0 Å². The third kappa shape index (κ3) is 4.12. The van der Waals surface area contributed by atoms with Crippen molar-refractivity contribution in [1.29, 1.82) is 0 Å². The van der Waals surface area contributed by atoms with Crippen molar-refractivity contribution in [1.82, 2.24) is 4.31 Å². The van der Waals surface area contributed by atoms with Crippen molar-refractivity contribution in [3.8, 4) is 0 Å². The minimum Gasteiger partial charge on any atom is -0.258 e. The second-order valence-corrected chi connectivity index (χ2v) is 7.19. The summed E-state index contributed by atoms with van der Waals surface area (Å²) in [6.45, 7) is 0.00667. The van der Waals surface area contributed by atoms with Crippen LogP contribution in [-0.2, 0) is 10.0 Å². The van der Waals surface area contributed by atoms with Crippen LogP contribution in [0.25, 0.3) is 0 Å². The molecule has 0 fully saturated rings. The van der Waals surface area contributed by atoms with E-state index in [-0.39, 0.29) is 29.9 Å². The van der Waals surface area contributed by atoms with Crippen LogP contribution < -0.4 is 0 Å². The number of halogens is 4. The maximum atomic E-state index is 12.5. The van der Waals surface area contributed by atoms with Gasteiger partial charge in [0.25, 0.3) is 0 Å². The Morgan fingerprint density at radius 1 is 1.14 bits per heavy atom. The molecular formula is C10H10Cl4N2O4S. The minimum atomic E-state index is -4.06. The SMILES string of the molecule is O=[N+]([O-])c1c(Cl)ccc(S(=O)(=O)N(CCCl)CCCl)c1Cl. The molecule has 0 spiro atoms. The summed E-state index contributed by atoms with van der Waals surface area (Å²) in [5, 5.41) is 10.1. The van der Waals surface area contributed by atoms with Gasteiger partial charge in [-0.15, -0.1) is 23.2 Å². The van der Waals surface area contributed by atoms with E-state index in [0.717, 1.165) is 16.4 Å². The van der Waals surface area contributed by atoms with Crippen molar-refractivity contribution in [2.45, 2.75) is 4.90 Å². The van der Waals surface area contributed by atoms with Gasteiger partial charge in [0.05, 0.1) is 4.92 Å². The van der Waals surface area contributed by atoms with E-state index in [2.05, 4.69) is 0 Å². The van der Waals surface area contributed by atoms with E-state index >= 15 is 0 Å². The van der Waals surface area contributed by atoms with Crippen molar-refractivity contribution < 1.29 is 13.3 Å². The zero-order chi connectivity index (χ0) is 16.2. The van der Waals surface area contributed by atoms with E-state index in [0.29, 0.717) is 0 Å². The number of hydrogen-bond acceptors (Lipinski definition) is 4. The summed E-state index contributed by atoms with van der Waals surface area (Å²) < 4.78 is 26.0. The number of benzene rings is 1. The monoisotopic (exact) mass is 394 g/mol. The number of nitro benzene ring substituents is 1.